The Morgan fingerprint density at radius 3 is 2.48 bits per heavy atom. The highest BCUT2D eigenvalue weighted by Gasteiger charge is 2.27. The fraction of sp³-hybridized carbons (Fsp3) is 0.471. The SMILES string of the molecule is CN(CC(=O)N1CCC(n2c(=O)[nH]c3ccccc3c2=O)CC1)S(C)(=O)=O. The second kappa shape index (κ2) is 7.28. The number of fused-ring (bicyclic) bond motifs is 1. The van der Waals surface area contributed by atoms with Gasteiger partial charge in [-0.05, 0) is 25.0 Å². The van der Waals surface area contributed by atoms with Crippen LogP contribution in [0, 0.1) is 0 Å². The van der Waals surface area contributed by atoms with Crippen molar-refractivity contribution in [3.8, 4) is 0 Å². The number of benzene rings is 1. The van der Waals surface area contributed by atoms with Gasteiger partial charge in [0.25, 0.3) is 5.56 Å². The van der Waals surface area contributed by atoms with E-state index in [-0.39, 0.29) is 24.1 Å². The van der Waals surface area contributed by atoms with E-state index in [2.05, 4.69) is 4.98 Å². The molecule has 1 aromatic heterocycles. The van der Waals surface area contributed by atoms with Crippen molar-refractivity contribution in [1.82, 2.24) is 18.8 Å². The second-order valence-corrected chi connectivity index (χ2v) is 8.87. The quantitative estimate of drug-likeness (QED) is 0.768. The van der Waals surface area contributed by atoms with Crippen molar-refractivity contribution in [2.45, 2.75) is 18.9 Å². The number of para-hydroxylation sites is 1. The van der Waals surface area contributed by atoms with Gasteiger partial charge >= 0.3 is 5.69 Å². The number of piperidine rings is 1. The van der Waals surface area contributed by atoms with Gasteiger partial charge in [0, 0.05) is 26.2 Å². The summed E-state index contributed by atoms with van der Waals surface area (Å²) in [5.74, 6) is -0.291. The monoisotopic (exact) mass is 394 g/mol. The number of aromatic nitrogens is 2. The maximum absolute atomic E-state index is 12.7. The van der Waals surface area contributed by atoms with Gasteiger partial charge in [0.15, 0.2) is 0 Å². The summed E-state index contributed by atoms with van der Waals surface area (Å²) < 4.78 is 25.1. The molecule has 2 heterocycles. The third-order valence-corrected chi connectivity index (χ3v) is 6.20. The van der Waals surface area contributed by atoms with E-state index >= 15 is 0 Å². The number of hydrogen-bond acceptors (Lipinski definition) is 5. The van der Waals surface area contributed by atoms with Crippen molar-refractivity contribution in [3.05, 3.63) is 45.1 Å². The summed E-state index contributed by atoms with van der Waals surface area (Å²) in [6.45, 7) is 0.500. The summed E-state index contributed by atoms with van der Waals surface area (Å²) in [5.41, 5.74) is -0.295. The van der Waals surface area contributed by atoms with Gasteiger partial charge in [-0.3, -0.25) is 14.2 Å². The molecule has 1 aliphatic rings. The van der Waals surface area contributed by atoms with Crippen LogP contribution in [0.1, 0.15) is 18.9 Å². The van der Waals surface area contributed by atoms with E-state index in [9.17, 15) is 22.8 Å². The summed E-state index contributed by atoms with van der Waals surface area (Å²) in [6.07, 6.45) is 1.95. The summed E-state index contributed by atoms with van der Waals surface area (Å²) >= 11 is 0. The molecule has 9 nitrogen and oxygen atoms in total. The summed E-state index contributed by atoms with van der Waals surface area (Å²) in [5, 5.41) is 0.449. The van der Waals surface area contributed by atoms with Crippen LogP contribution in [0.15, 0.2) is 33.9 Å². The fourth-order valence-electron chi connectivity index (χ4n) is 3.29. The zero-order valence-corrected chi connectivity index (χ0v) is 16.0. The minimum absolute atomic E-state index is 0.222. The van der Waals surface area contributed by atoms with Gasteiger partial charge in [-0.1, -0.05) is 12.1 Å². The Bertz CT molecular complexity index is 1080. The Morgan fingerprint density at radius 1 is 1.22 bits per heavy atom. The van der Waals surface area contributed by atoms with E-state index in [0.29, 0.717) is 36.8 Å². The van der Waals surface area contributed by atoms with Gasteiger partial charge in [-0.2, -0.15) is 4.31 Å². The largest absolute Gasteiger partial charge is 0.341 e. The number of rotatable bonds is 4. The molecule has 0 atom stereocenters. The van der Waals surface area contributed by atoms with E-state index in [1.165, 1.54) is 11.6 Å². The number of carbonyl (C=O) groups is 1. The van der Waals surface area contributed by atoms with Gasteiger partial charge in [0.2, 0.25) is 15.9 Å². The highest BCUT2D eigenvalue weighted by atomic mass is 32.2. The summed E-state index contributed by atoms with van der Waals surface area (Å²) in [6, 6.07) is 6.54. The average molecular weight is 394 g/mol. The topological polar surface area (TPSA) is 113 Å². The number of likely N-dealkylation sites (tertiary alicyclic amines) is 1. The molecule has 0 saturated carbocycles. The van der Waals surface area contributed by atoms with Gasteiger partial charge in [0.1, 0.15) is 0 Å². The highest BCUT2D eigenvalue weighted by Crippen LogP contribution is 2.20. The van der Waals surface area contributed by atoms with Crippen molar-refractivity contribution < 1.29 is 13.2 Å². The first kappa shape index (κ1) is 19.3. The molecule has 0 spiro atoms. The second-order valence-electron chi connectivity index (χ2n) is 6.78. The van der Waals surface area contributed by atoms with Crippen LogP contribution in [0.2, 0.25) is 0 Å². The Labute approximate surface area is 156 Å². The molecule has 0 radical (unpaired) electrons. The molecule has 0 bridgehead atoms. The van der Waals surface area contributed by atoms with Crippen LogP contribution in [0.5, 0.6) is 0 Å². The molecule has 2 aromatic rings. The maximum atomic E-state index is 12.7. The van der Waals surface area contributed by atoms with Crippen LogP contribution < -0.4 is 11.2 Å². The van der Waals surface area contributed by atoms with Crippen LogP contribution in [0.25, 0.3) is 10.9 Å². The number of H-pyrrole nitrogens is 1. The van der Waals surface area contributed by atoms with Gasteiger partial charge in [-0.25, -0.2) is 13.2 Å². The van der Waals surface area contributed by atoms with Gasteiger partial charge < -0.3 is 9.88 Å². The van der Waals surface area contributed by atoms with Crippen LogP contribution in [0.4, 0.5) is 0 Å². The first-order valence-electron chi connectivity index (χ1n) is 8.61. The predicted molar refractivity (Wildman–Crippen MR) is 101 cm³/mol. The number of amides is 1. The Hall–Kier alpha value is -2.46. The third-order valence-electron chi connectivity index (χ3n) is 4.94. The Balaban J connectivity index is 1.75. The number of carbonyl (C=O) groups excluding carboxylic acids is 1. The molecular weight excluding hydrogens is 372 g/mol. The standard InChI is InChI=1S/C17H22N4O5S/c1-19(27(2,25)26)11-15(22)20-9-7-12(8-10-20)21-16(23)13-5-3-4-6-14(13)18-17(21)24/h3-6,12H,7-11H2,1-2H3,(H,18,24). The molecule has 10 heteroatoms. The molecule has 3 rings (SSSR count). The Morgan fingerprint density at radius 2 is 1.85 bits per heavy atom. The molecule has 1 N–H and O–H groups in total. The van der Waals surface area contributed by atoms with Crippen LogP contribution in [-0.4, -0.2) is 66.0 Å². The van der Waals surface area contributed by atoms with Crippen LogP contribution >= 0.6 is 0 Å². The minimum Gasteiger partial charge on any atom is -0.341 e. The summed E-state index contributed by atoms with van der Waals surface area (Å²) in [7, 11) is -2.07. The first-order chi connectivity index (χ1) is 12.7. The molecule has 1 fully saturated rings. The lowest BCUT2D eigenvalue weighted by atomic mass is 10.0. The lowest BCUT2D eigenvalue weighted by Crippen LogP contribution is -2.47. The first-order valence-corrected chi connectivity index (χ1v) is 10.5. The van der Waals surface area contributed by atoms with E-state index in [1.807, 2.05) is 0 Å². The number of nitrogens with one attached hydrogen (secondary N) is 1. The lowest BCUT2D eigenvalue weighted by molar-refractivity contribution is -0.132. The lowest BCUT2D eigenvalue weighted by Gasteiger charge is -2.33. The van der Waals surface area contributed by atoms with E-state index in [0.717, 1.165) is 10.6 Å². The smallest absolute Gasteiger partial charge is 0.329 e. The van der Waals surface area contributed by atoms with Gasteiger partial charge in [0.05, 0.1) is 23.7 Å². The van der Waals surface area contributed by atoms with Crippen molar-refractivity contribution in [2.75, 3.05) is 32.9 Å². The molecule has 1 saturated heterocycles. The third kappa shape index (κ3) is 3.96. The molecule has 27 heavy (non-hydrogen) atoms. The normalized spacial score (nSPS) is 16.2. The predicted octanol–water partition coefficient (Wildman–Crippen LogP) is -0.255. The number of likely N-dealkylation sites (N-methyl/N-ethyl adjacent to an activating group) is 1. The van der Waals surface area contributed by atoms with Crippen molar-refractivity contribution >= 4 is 26.8 Å². The Kier molecular flexibility index (Phi) is 5.20. The zero-order chi connectivity index (χ0) is 19.8. The number of hydrogen-bond donors (Lipinski definition) is 1. The number of nitrogens with zero attached hydrogens (tertiary/aromatic N) is 3. The van der Waals surface area contributed by atoms with Crippen LogP contribution in [-0.2, 0) is 14.8 Å². The van der Waals surface area contributed by atoms with Crippen LogP contribution in [0.3, 0.4) is 0 Å². The van der Waals surface area contributed by atoms with Gasteiger partial charge in [-0.15, -0.1) is 0 Å². The van der Waals surface area contributed by atoms with Crippen molar-refractivity contribution in [1.29, 1.82) is 0 Å². The summed E-state index contributed by atoms with van der Waals surface area (Å²) in [4.78, 5) is 41.7. The fourth-order valence-corrected chi connectivity index (χ4v) is 3.63. The van der Waals surface area contributed by atoms with E-state index in [4.69, 9.17) is 0 Å². The van der Waals surface area contributed by atoms with E-state index in [1.54, 1.807) is 29.2 Å². The molecular formula is C17H22N4O5S. The molecule has 0 unspecified atom stereocenters. The average Bonchev–Trinajstić information content (AvgIpc) is 2.61. The number of sulfonamides is 1. The van der Waals surface area contributed by atoms with Crippen molar-refractivity contribution in [2.24, 2.45) is 0 Å². The highest BCUT2D eigenvalue weighted by molar-refractivity contribution is 7.88. The number of aromatic amines is 1. The molecule has 1 aliphatic heterocycles. The minimum atomic E-state index is -3.43. The zero-order valence-electron chi connectivity index (χ0n) is 15.2. The van der Waals surface area contributed by atoms with E-state index < -0.39 is 15.7 Å². The van der Waals surface area contributed by atoms with Crippen molar-refractivity contribution in [3.63, 3.8) is 0 Å². The molecule has 0 aliphatic carbocycles. The molecule has 1 aromatic carbocycles. The molecule has 146 valence electrons. The molecule has 1 amide bonds. The maximum Gasteiger partial charge on any atom is 0.329 e.